The minimum Gasteiger partial charge on any atom is -0.495 e. The Bertz CT molecular complexity index is 1730. The third-order valence-electron chi connectivity index (χ3n) is 9.62. The van der Waals surface area contributed by atoms with Gasteiger partial charge in [-0.05, 0) is 81.2 Å². The summed E-state index contributed by atoms with van der Waals surface area (Å²) in [5, 5.41) is 12.6. The van der Waals surface area contributed by atoms with E-state index in [2.05, 4.69) is 27.4 Å². The fourth-order valence-corrected chi connectivity index (χ4v) is 7.55. The summed E-state index contributed by atoms with van der Waals surface area (Å²) in [7, 11) is -2.52. The maximum absolute atomic E-state index is 13.7. The van der Waals surface area contributed by atoms with Crippen LogP contribution in [0.3, 0.4) is 0 Å². The monoisotopic (exact) mass is 659 g/mol. The zero-order chi connectivity index (χ0) is 32.5. The molecule has 1 saturated carbocycles. The van der Waals surface area contributed by atoms with Crippen LogP contribution in [-0.2, 0) is 21.3 Å². The van der Waals surface area contributed by atoms with E-state index in [4.69, 9.17) is 14.6 Å². The van der Waals surface area contributed by atoms with E-state index in [1.807, 2.05) is 6.07 Å². The largest absolute Gasteiger partial charge is 0.495 e. The van der Waals surface area contributed by atoms with Gasteiger partial charge in [0.05, 0.1) is 47.7 Å². The fraction of sp³-hybridized carbons (Fsp3) is 0.515. The number of alkyl halides is 3. The summed E-state index contributed by atoms with van der Waals surface area (Å²) in [6, 6.07) is 12.1. The number of piperidine rings is 1. The minimum absolute atomic E-state index is 0.0813. The second kappa shape index (κ2) is 13.0. The van der Waals surface area contributed by atoms with Crippen LogP contribution in [0.25, 0.3) is 10.9 Å². The molecule has 0 unspecified atom stereocenters. The molecule has 1 aliphatic carbocycles. The van der Waals surface area contributed by atoms with Crippen LogP contribution in [0.2, 0.25) is 0 Å². The maximum atomic E-state index is 13.7. The predicted molar refractivity (Wildman–Crippen MR) is 172 cm³/mol. The van der Waals surface area contributed by atoms with Crippen molar-refractivity contribution in [1.82, 2.24) is 9.47 Å². The van der Waals surface area contributed by atoms with E-state index in [1.165, 1.54) is 36.3 Å². The van der Waals surface area contributed by atoms with Crippen LogP contribution in [0.5, 0.6) is 5.75 Å². The van der Waals surface area contributed by atoms with Gasteiger partial charge in [-0.2, -0.15) is 13.2 Å². The number of nitrogens with zero attached hydrogens (tertiary/aromatic N) is 2. The molecule has 3 fully saturated rings. The normalized spacial score (nSPS) is 21.8. The van der Waals surface area contributed by atoms with E-state index in [0.717, 1.165) is 63.9 Å². The van der Waals surface area contributed by atoms with Gasteiger partial charge in [0.1, 0.15) is 12.3 Å². The number of likely N-dealkylation sites (tertiary alicyclic amines) is 1. The molecule has 4 N–H and O–H groups in total. The van der Waals surface area contributed by atoms with Crippen molar-refractivity contribution in [3.05, 3.63) is 48.2 Å². The molecule has 1 aromatic heterocycles. The average molecular weight is 660 g/mol. The number of nitrogens with two attached hydrogens (primary N) is 1. The lowest BCUT2D eigenvalue weighted by Crippen LogP contribution is -2.54. The highest BCUT2D eigenvalue weighted by Gasteiger charge is 2.42. The van der Waals surface area contributed by atoms with E-state index < -0.39 is 22.7 Å². The van der Waals surface area contributed by atoms with Crippen LogP contribution in [-0.4, -0.2) is 75.1 Å². The standard InChI is InChI=1S/C33H40F3N5O4S/c1-44-31-21-26(46(37,42)43)11-12-29(31)38-16-3-4-25-20-27-28(5-2-6-30(27)41(25)22-33(34,35)36)39-23-7-9-24(10-8-23)40-17-13-32(14-18-40)15-19-45-32/h2,5-6,11-12,20-21,23-24,38-39H,7-10,13-19,22H2,1H3,(H2,37,42,43). The molecule has 3 aliphatic rings. The number of hydrogen-bond donors (Lipinski definition) is 3. The van der Waals surface area contributed by atoms with Crippen molar-refractivity contribution in [2.75, 3.05) is 44.0 Å². The molecule has 13 heteroatoms. The zero-order valence-electron chi connectivity index (χ0n) is 25.8. The van der Waals surface area contributed by atoms with Crippen LogP contribution >= 0.6 is 0 Å². The molecule has 46 heavy (non-hydrogen) atoms. The number of sulfonamides is 1. The highest BCUT2D eigenvalue weighted by atomic mass is 32.2. The van der Waals surface area contributed by atoms with Gasteiger partial charge in [0.2, 0.25) is 10.0 Å². The number of nitrogens with one attached hydrogen (secondary N) is 2. The molecular formula is C33H40F3N5O4S. The summed E-state index contributed by atoms with van der Waals surface area (Å²) in [6.45, 7) is 2.00. The van der Waals surface area contributed by atoms with E-state index in [0.29, 0.717) is 22.6 Å². The van der Waals surface area contributed by atoms with Crippen LogP contribution in [0.4, 0.5) is 24.5 Å². The van der Waals surface area contributed by atoms with Gasteiger partial charge in [-0.15, -0.1) is 0 Å². The van der Waals surface area contributed by atoms with Gasteiger partial charge in [-0.1, -0.05) is 12.0 Å². The lowest BCUT2D eigenvalue weighted by Gasteiger charge is -2.50. The number of anilines is 2. The Labute approximate surface area is 267 Å². The number of rotatable bonds is 8. The average Bonchev–Trinajstić information content (AvgIpc) is 3.35. The molecule has 3 aromatic rings. The third kappa shape index (κ3) is 7.25. The second-order valence-electron chi connectivity index (χ2n) is 12.5. The number of primary sulfonamides is 1. The quantitative estimate of drug-likeness (QED) is 0.282. The molecule has 1 spiro atoms. The highest BCUT2D eigenvalue weighted by Crippen LogP contribution is 2.39. The SMILES string of the molecule is COc1cc(S(N)(=O)=O)ccc1NCC#Cc1cc2c(NC3CCC(N4CCC5(CCO5)CC4)CC3)cccc2n1CC(F)(F)F. The second-order valence-corrected chi connectivity index (χ2v) is 14.1. The van der Waals surface area contributed by atoms with Gasteiger partial charge < -0.3 is 29.6 Å². The molecule has 2 saturated heterocycles. The maximum Gasteiger partial charge on any atom is 0.406 e. The summed E-state index contributed by atoms with van der Waals surface area (Å²) >= 11 is 0. The first-order chi connectivity index (χ1) is 21.9. The van der Waals surface area contributed by atoms with Gasteiger partial charge in [0.25, 0.3) is 0 Å². The number of aromatic nitrogens is 1. The molecule has 6 rings (SSSR count). The van der Waals surface area contributed by atoms with Crippen molar-refractivity contribution >= 4 is 32.3 Å². The predicted octanol–water partition coefficient (Wildman–Crippen LogP) is 5.30. The lowest BCUT2D eigenvalue weighted by molar-refractivity contribution is -0.176. The first kappa shape index (κ1) is 32.5. The van der Waals surface area contributed by atoms with E-state index in [1.54, 1.807) is 18.2 Å². The minimum atomic E-state index is -4.43. The molecular weight excluding hydrogens is 619 g/mol. The van der Waals surface area contributed by atoms with E-state index in [-0.39, 0.29) is 34.5 Å². The van der Waals surface area contributed by atoms with Gasteiger partial charge in [0.15, 0.2) is 0 Å². The number of methoxy groups -OCH3 is 1. The van der Waals surface area contributed by atoms with Crippen molar-refractivity contribution in [2.24, 2.45) is 5.14 Å². The van der Waals surface area contributed by atoms with Gasteiger partial charge in [-0.25, -0.2) is 13.6 Å². The molecule has 9 nitrogen and oxygen atoms in total. The summed E-state index contributed by atoms with van der Waals surface area (Å²) in [5.74, 6) is 6.06. The molecule has 2 aromatic carbocycles. The third-order valence-corrected chi connectivity index (χ3v) is 10.5. The smallest absolute Gasteiger partial charge is 0.406 e. The number of ether oxygens (including phenoxy) is 2. The molecule has 0 radical (unpaired) electrons. The Morgan fingerprint density at radius 2 is 1.80 bits per heavy atom. The van der Waals surface area contributed by atoms with Crippen molar-refractivity contribution < 1.29 is 31.1 Å². The summed E-state index contributed by atoms with van der Waals surface area (Å²) in [5.41, 5.74) is 2.15. The fourth-order valence-electron chi connectivity index (χ4n) is 7.02. The highest BCUT2D eigenvalue weighted by molar-refractivity contribution is 7.89. The van der Waals surface area contributed by atoms with Gasteiger partial charge in [-0.3, -0.25) is 0 Å². The lowest BCUT2D eigenvalue weighted by atomic mass is 9.82. The molecule has 0 atom stereocenters. The molecule has 3 heterocycles. The number of halogens is 3. The Kier molecular flexibility index (Phi) is 9.17. The Hall–Kier alpha value is -3.44. The van der Waals surface area contributed by atoms with Crippen LogP contribution in [0.15, 0.2) is 47.4 Å². The van der Waals surface area contributed by atoms with Gasteiger partial charge >= 0.3 is 6.18 Å². The Morgan fingerprint density at radius 1 is 1.07 bits per heavy atom. The Morgan fingerprint density at radius 3 is 2.43 bits per heavy atom. The van der Waals surface area contributed by atoms with Gasteiger partial charge in [0, 0.05) is 42.3 Å². The van der Waals surface area contributed by atoms with Crippen molar-refractivity contribution in [2.45, 2.75) is 80.2 Å². The zero-order valence-corrected chi connectivity index (χ0v) is 26.6. The van der Waals surface area contributed by atoms with Crippen molar-refractivity contribution in [3.8, 4) is 17.6 Å². The molecule has 0 bridgehead atoms. The molecule has 2 aliphatic heterocycles. The first-order valence-corrected chi connectivity index (χ1v) is 17.2. The van der Waals surface area contributed by atoms with Crippen LogP contribution in [0.1, 0.15) is 50.6 Å². The first-order valence-electron chi connectivity index (χ1n) is 15.7. The number of fused-ring (bicyclic) bond motifs is 1. The van der Waals surface area contributed by atoms with Crippen LogP contribution in [0, 0.1) is 11.8 Å². The summed E-state index contributed by atoms with van der Waals surface area (Å²) < 4.78 is 76.7. The van der Waals surface area contributed by atoms with E-state index in [9.17, 15) is 21.6 Å². The summed E-state index contributed by atoms with van der Waals surface area (Å²) in [4.78, 5) is 2.52. The van der Waals surface area contributed by atoms with Crippen molar-refractivity contribution in [3.63, 3.8) is 0 Å². The molecule has 248 valence electrons. The number of benzene rings is 2. The summed E-state index contributed by atoms with van der Waals surface area (Å²) in [6.07, 6.45) is 3.18. The number of hydrogen-bond acceptors (Lipinski definition) is 7. The Balaban J connectivity index is 1.14. The molecule has 0 amide bonds. The topological polar surface area (TPSA) is 111 Å². The van der Waals surface area contributed by atoms with E-state index >= 15 is 0 Å². The van der Waals surface area contributed by atoms with Crippen molar-refractivity contribution in [1.29, 1.82) is 0 Å². The van der Waals surface area contributed by atoms with Crippen LogP contribution < -0.4 is 20.5 Å².